The summed E-state index contributed by atoms with van der Waals surface area (Å²) in [4.78, 5) is 23.9. The summed E-state index contributed by atoms with van der Waals surface area (Å²) in [5, 5.41) is 8.17. The average Bonchev–Trinajstić information content (AvgIpc) is 2.55. The van der Waals surface area contributed by atoms with Crippen LogP contribution in [0.4, 0.5) is 0 Å². The van der Waals surface area contributed by atoms with E-state index in [9.17, 15) is 9.59 Å². The van der Waals surface area contributed by atoms with Gasteiger partial charge in [-0.05, 0) is 31.2 Å². The zero-order valence-corrected chi connectivity index (χ0v) is 13.1. The molecular formula is C17H13ClN2O3. The molecule has 0 fully saturated rings. The highest BCUT2D eigenvalue weighted by molar-refractivity contribution is 6.30. The van der Waals surface area contributed by atoms with Crippen LogP contribution in [0.15, 0.2) is 47.3 Å². The lowest BCUT2D eigenvalue weighted by molar-refractivity contribution is 0.0526. The van der Waals surface area contributed by atoms with Gasteiger partial charge in [0.15, 0.2) is 0 Å². The van der Waals surface area contributed by atoms with Gasteiger partial charge in [-0.15, -0.1) is 0 Å². The number of hydrogen-bond donors (Lipinski definition) is 1. The van der Waals surface area contributed by atoms with Crippen LogP contribution in [0.5, 0.6) is 0 Å². The fraction of sp³-hybridized carbons (Fsp3) is 0.118. The third-order valence-corrected chi connectivity index (χ3v) is 3.63. The Balaban J connectivity index is 2.21. The van der Waals surface area contributed by atoms with Crippen molar-refractivity contribution in [3.05, 3.63) is 63.4 Å². The lowest BCUT2D eigenvalue weighted by Gasteiger charge is -2.07. The highest BCUT2D eigenvalue weighted by Crippen LogP contribution is 2.26. The molecule has 0 unspecified atom stereocenters. The lowest BCUT2D eigenvalue weighted by Crippen LogP contribution is -2.11. The molecule has 0 amide bonds. The van der Waals surface area contributed by atoms with Crippen molar-refractivity contribution < 1.29 is 9.53 Å². The van der Waals surface area contributed by atoms with E-state index in [0.29, 0.717) is 27.1 Å². The summed E-state index contributed by atoms with van der Waals surface area (Å²) in [5.74, 6) is -0.463. The lowest BCUT2D eigenvalue weighted by atomic mass is 10.0. The Kier molecular flexibility index (Phi) is 4.12. The van der Waals surface area contributed by atoms with Gasteiger partial charge in [0, 0.05) is 16.0 Å². The van der Waals surface area contributed by atoms with E-state index >= 15 is 0 Å². The highest BCUT2D eigenvalue weighted by Gasteiger charge is 2.13. The summed E-state index contributed by atoms with van der Waals surface area (Å²) in [5.41, 5.74) is 1.34. The number of nitrogens with zero attached hydrogens (tertiary/aromatic N) is 1. The quantitative estimate of drug-likeness (QED) is 0.748. The number of fused-ring (bicyclic) bond motifs is 1. The molecule has 0 atom stereocenters. The van der Waals surface area contributed by atoms with Gasteiger partial charge in [-0.3, -0.25) is 4.79 Å². The SMILES string of the molecule is CCOC(=O)c1ccc2c(-c3cccc(Cl)c3)n[nH]c(=O)c2c1. The highest BCUT2D eigenvalue weighted by atomic mass is 35.5. The van der Waals surface area contributed by atoms with Crippen LogP contribution in [0.1, 0.15) is 17.3 Å². The zero-order valence-electron chi connectivity index (χ0n) is 12.3. The monoisotopic (exact) mass is 328 g/mol. The first-order chi connectivity index (χ1) is 11.1. The van der Waals surface area contributed by atoms with E-state index in [2.05, 4.69) is 10.2 Å². The number of carbonyl (C=O) groups is 1. The van der Waals surface area contributed by atoms with Crippen molar-refractivity contribution in [3.63, 3.8) is 0 Å². The number of H-pyrrole nitrogens is 1. The first-order valence-electron chi connectivity index (χ1n) is 7.05. The Morgan fingerprint density at radius 2 is 2.04 bits per heavy atom. The maximum absolute atomic E-state index is 12.1. The third-order valence-electron chi connectivity index (χ3n) is 3.40. The number of esters is 1. The molecule has 23 heavy (non-hydrogen) atoms. The predicted molar refractivity (Wildman–Crippen MR) is 88.8 cm³/mol. The minimum atomic E-state index is -0.463. The molecule has 1 aromatic heterocycles. The number of ether oxygens (including phenoxy) is 1. The van der Waals surface area contributed by atoms with E-state index in [4.69, 9.17) is 16.3 Å². The first kappa shape index (κ1) is 15.2. The van der Waals surface area contributed by atoms with Crippen LogP contribution >= 0.6 is 11.6 Å². The van der Waals surface area contributed by atoms with Gasteiger partial charge in [0.05, 0.1) is 23.3 Å². The Hall–Kier alpha value is -2.66. The van der Waals surface area contributed by atoms with Gasteiger partial charge in [0.25, 0.3) is 5.56 Å². The number of benzene rings is 2. The molecule has 0 spiro atoms. The molecular weight excluding hydrogens is 316 g/mol. The normalized spacial score (nSPS) is 10.7. The van der Waals surface area contributed by atoms with Gasteiger partial charge in [-0.25, -0.2) is 9.89 Å². The van der Waals surface area contributed by atoms with E-state index in [-0.39, 0.29) is 12.2 Å². The number of nitrogens with one attached hydrogen (secondary N) is 1. The van der Waals surface area contributed by atoms with E-state index in [0.717, 1.165) is 5.56 Å². The average molecular weight is 329 g/mol. The fourth-order valence-electron chi connectivity index (χ4n) is 2.36. The molecule has 0 aliphatic rings. The van der Waals surface area contributed by atoms with Gasteiger partial charge in [0.2, 0.25) is 0 Å². The molecule has 1 N–H and O–H groups in total. The molecule has 3 aromatic rings. The van der Waals surface area contributed by atoms with E-state index in [1.165, 1.54) is 6.07 Å². The number of hydrogen-bond acceptors (Lipinski definition) is 4. The molecule has 0 aliphatic carbocycles. The molecule has 5 nitrogen and oxygen atoms in total. The molecule has 0 aliphatic heterocycles. The Morgan fingerprint density at radius 1 is 1.22 bits per heavy atom. The van der Waals surface area contributed by atoms with Gasteiger partial charge in [0.1, 0.15) is 0 Å². The molecule has 3 rings (SSSR count). The van der Waals surface area contributed by atoms with Crippen LogP contribution in [-0.4, -0.2) is 22.8 Å². The van der Waals surface area contributed by atoms with Gasteiger partial charge in [-0.1, -0.05) is 29.8 Å². The number of carbonyl (C=O) groups excluding carboxylic acids is 1. The molecule has 6 heteroatoms. The second-order valence-electron chi connectivity index (χ2n) is 4.89. The van der Waals surface area contributed by atoms with Gasteiger partial charge < -0.3 is 4.74 Å². The second-order valence-corrected chi connectivity index (χ2v) is 5.33. The third kappa shape index (κ3) is 2.96. The minimum absolute atomic E-state index is 0.275. The standard InChI is InChI=1S/C17H13ClN2O3/c1-2-23-17(22)11-6-7-13-14(9-11)16(21)20-19-15(13)10-4-3-5-12(18)8-10/h3-9H,2H2,1H3,(H,20,21). The second kappa shape index (κ2) is 6.22. The van der Waals surface area contributed by atoms with Crippen molar-refractivity contribution in [1.29, 1.82) is 0 Å². The fourth-order valence-corrected chi connectivity index (χ4v) is 2.55. The van der Waals surface area contributed by atoms with Crippen LogP contribution in [0.3, 0.4) is 0 Å². The van der Waals surface area contributed by atoms with Crippen molar-refractivity contribution >= 4 is 28.3 Å². The van der Waals surface area contributed by atoms with Crippen molar-refractivity contribution in [2.24, 2.45) is 0 Å². The summed E-state index contributed by atoms with van der Waals surface area (Å²) in [6, 6.07) is 12.0. The van der Waals surface area contributed by atoms with Gasteiger partial charge >= 0.3 is 5.97 Å². The summed E-state index contributed by atoms with van der Waals surface area (Å²) in [7, 11) is 0. The van der Waals surface area contributed by atoms with Crippen molar-refractivity contribution in [3.8, 4) is 11.3 Å². The largest absolute Gasteiger partial charge is 0.462 e. The number of aromatic amines is 1. The van der Waals surface area contributed by atoms with Crippen LogP contribution < -0.4 is 5.56 Å². The molecule has 116 valence electrons. The Bertz CT molecular complexity index is 950. The Labute approximate surface area is 136 Å². The number of rotatable bonds is 3. The van der Waals surface area contributed by atoms with Crippen molar-refractivity contribution in [1.82, 2.24) is 10.2 Å². The summed E-state index contributed by atoms with van der Waals surface area (Å²) < 4.78 is 4.96. The van der Waals surface area contributed by atoms with Crippen LogP contribution in [0.2, 0.25) is 5.02 Å². The molecule has 0 radical (unpaired) electrons. The summed E-state index contributed by atoms with van der Waals surface area (Å²) >= 11 is 6.02. The maximum atomic E-state index is 12.1. The number of halogens is 1. The molecule has 0 saturated carbocycles. The van der Waals surface area contributed by atoms with E-state index < -0.39 is 5.97 Å². The van der Waals surface area contributed by atoms with Gasteiger partial charge in [-0.2, -0.15) is 5.10 Å². The summed E-state index contributed by atoms with van der Waals surface area (Å²) in [6.07, 6.45) is 0. The smallest absolute Gasteiger partial charge is 0.338 e. The summed E-state index contributed by atoms with van der Waals surface area (Å²) in [6.45, 7) is 2.00. The Morgan fingerprint density at radius 3 is 2.78 bits per heavy atom. The number of aromatic nitrogens is 2. The van der Waals surface area contributed by atoms with Crippen LogP contribution in [0.25, 0.3) is 22.0 Å². The predicted octanol–water partition coefficient (Wildman–Crippen LogP) is 3.42. The zero-order chi connectivity index (χ0) is 16.4. The molecule has 0 bridgehead atoms. The minimum Gasteiger partial charge on any atom is -0.462 e. The van der Waals surface area contributed by atoms with Crippen molar-refractivity contribution in [2.75, 3.05) is 6.61 Å². The molecule has 1 heterocycles. The van der Waals surface area contributed by atoms with Crippen LogP contribution in [0, 0.1) is 0 Å². The molecule has 2 aromatic carbocycles. The van der Waals surface area contributed by atoms with E-state index in [1.54, 1.807) is 31.2 Å². The van der Waals surface area contributed by atoms with Crippen LogP contribution in [-0.2, 0) is 4.74 Å². The van der Waals surface area contributed by atoms with Crippen molar-refractivity contribution in [2.45, 2.75) is 6.92 Å². The first-order valence-corrected chi connectivity index (χ1v) is 7.43. The maximum Gasteiger partial charge on any atom is 0.338 e. The molecule has 0 saturated heterocycles. The van der Waals surface area contributed by atoms with E-state index in [1.807, 2.05) is 12.1 Å². The topological polar surface area (TPSA) is 72.0 Å².